The molecule has 2 bridgehead atoms. The van der Waals surface area contributed by atoms with Crippen LogP contribution in [0.5, 0.6) is 0 Å². The van der Waals surface area contributed by atoms with E-state index in [9.17, 15) is 0 Å². The van der Waals surface area contributed by atoms with Gasteiger partial charge in [-0.05, 0) is 18.1 Å². The molecule has 0 aromatic carbocycles. The Morgan fingerprint density at radius 3 is 2.12 bits per heavy atom. The molecule has 2 heterocycles. The molecule has 2 aliphatic heterocycles. The molecule has 2 fully saturated rings. The molecule has 2 saturated heterocycles. The molecule has 0 saturated carbocycles. The van der Waals surface area contributed by atoms with Crippen molar-refractivity contribution in [1.29, 1.82) is 0 Å². The standard InChI is InChI=1S/C14H27BO/c1-2-3-4-5-12-16-15-13-8-6-9-14(15)11-7-10-13/h13-14H,2-12H2,1H3. The Labute approximate surface area is 101 Å². The fourth-order valence-electron chi connectivity index (χ4n) is 3.64. The van der Waals surface area contributed by atoms with Crippen molar-refractivity contribution >= 4 is 6.92 Å². The van der Waals surface area contributed by atoms with Crippen molar-refractivity contribution in [3.05, 3.63) is 0 Å². The van der Waals surface area contributed by atoms with E-state index >= 15 is 0 Å². The summed E-state index contributed by atoms with van der Waals surface area (Å²) < 4.78 is 6.20. The summed E-state index contributed by atoms with van der Waals surface area (Å²) in [5, 5.41) is 0. The molecule has 0 aromatic rings. The molecule has 0 aliphatic carbocycles. The van der Waals surface area contributed by atoms with Crippen molar-refractivity contribution in [2.24, 2.45) is 0 Å². The smallest absolute Gasteiger partial charge is 0.299 e. The second-order valence-corrected chi connectivity index (χ2v) is 5.78. The average Bonchev–Trinajstić information content (AvgIpc) is 2.28. The van der Waals surface area contributed by atoms with Gasteiger partial charge in [-0.25, -0.2) is 0 Å². The fraction of sp³-hybridized carbons (Fsp3) is 1.00. The first-order valence-electron chi connectivity index (χ1n) is 7.53. The number of fused-ring (bicyclic) bond motifs is 2. The zero-order chi connectivity index (χ0) is 11.2. The molecular formula is C14H27BO. The lowest BCUT2D eigenvalue weighted by Crippen LogP contribution is -2.37. The van der Waals surface area contributed by atoms with Gasteiger partial charge in [0.2, 0.25) is 0 Å². The van der Waals surface area contributed by atoms with E-state index in [1.165, 1.54) is 64.2 Å². The molecule has 2 rings (SSSR count). The zero-order valence-corrected chi connectivity index (χ0v) is 10.9. The molecular weight excluding hydrogens is 195 g/mol. The molecule has 0 N–H and O–H groups in total. The molecule has 0 atom stereocenters. The largest absolute Gasteiger partial charge is 0.435 e. The van der Waals surface area contributed by atoms with Crippen molar-refractivity contribution < 1.29 is 4.65 Å². The third kappa shape index (κ3) is 3.26. The molecule has 2 aliphatic rings. The quantitative estimate of drug-likeness (QED) is 0.468. The first-order chi connectivity index (χ1) is 7.92. The summed E-state index contributed by atoms with van der Waals surface area (Å²) in [5.41, 5.74) is 0. The summed E-state index contributed by atoms with van der Waals surface area (Å²) in [5.74, 6) is 1.83. The van der Waals surface area contributed by atoms with Crippen LogP contribution in [-0.4, -0.2) is 13.5 Å². The van der Waals surface area contributed by atoms with E-state index in [1.807, 2.05) is 0 Å². The van der Waals surface area contributed by atoms with E-state index in [2.05, 4.69) is 6.92 Å². The highest BCUT2D eigenvalue weighted by molar-refractivity contribution is 6.56. The SMILES string of the molecule is CCCCCCOB1C2CCCC1CCC2. The minimum atomic E-state index is 0.643. The van der Waals surface area contributed by atoms with Crippen LogP contribution in [0.2, 0.25) is 11.6 Å². The summed E-state index contributed by atoms with van der Waals surface area (Å²) in [4.78, 5) is 0. The maximum Gasteiger partial charge on any atom is 0.299 e. The van der Waals surface area contributed by atoms with E-state index in [1.54, 1.807) is 0 Å². The van der Waals surface area contributed by atoms with E-state index in [-0.39, 0.29) is 0 Å². The summed E-state index contributed by atoms with van der Waals surface area (Å²) in [6.45, 7) is 3.94. The Balaban J connectivity index is 1.67. The van der Waals surface area contributed by atoms with Crippen LogP contribution in [0, 0.1) is 0 Å². The highest BCUT2D eigenvalue weighted by atomic mass is 16.4. The molecule has 0 unspecified atom stereocenters. The van der Waals surface area contributed by atoms with Gasteiger partial charge < -0.3 is 4.65 Å². The first kappa shape index (κ1) is 12.5. The van der Waals surface area contributed by atoms with E-state index in [0.717, 1.165) is 18.2 Å². The van der Waals surface area contributed by atoms with Gasteiger partial charge in [-0.15, -0.1) is 0 Å². The summed E-state index contributed by atoms with van der Waals surface area (Å²) in [6.07, 6.45) is 14.0. The van der Waals surface area contributed by atoms with Crippen LogP contribution in [0.15, 0.2) is 0 Å². The summed E-state index contributed by atoms with van der Waals surface area (Å²) in [7, 11) is 0. The lowest BCUT2D eigenvalue weighted by atomic mass is 9.38. The van der Waals surface area contributed by atoms with Gasteiger partial charge in [0.05, 0.1) is 0 Å². The third-order valence-corrected chi connectivity index (χ3v) is 4.54. The van der Waals surface area contributed by atoms with Gasteiger partial charge in [-0.2, -0.15) is 0 Å². The molecule has 2 heteroatoms. The van der Waals surface area contributed by atoms with Crippen molar-refractivity contribution in [2.75, 3.05) is 6.61 Å². The number of hydrogen-bond acceptors (Lipinski definition) is 1. The van der Waals surface area contributed by atoms with Gasteiger partial charge in [-0.3, -0.25) is 0 Å². The lowest BCUT2D eigenvalue weighted by Gasteiger charge is -2.39. The lowest BCUT2D eigenvalue weighted by molar-refractivity contribution is 0.260. The van der Waals surface area contributed by atoms with Crippen molar-refractivity contribution in [3.63, 3.8) is 0 Å². The minimum absolute atomic E-state index is 0.643. The van der Waals surface area contributed by atoms with Crippen LogP contribution in [0.3, 0.4) is 0 Å². The normalized spacial score (nSPS) is 29.4. The molecule has 1 nitrogen and oxygen atoms in total. The molecule has 0 amide bonds. The number of rotatable bonds is 6. The van der Waals surface area contributed by atoms with Crippen LogP contribution in [-0.2, 0) is 4.65 Å². The van der Waals surface area contributed by atoms with Gasteiger partial charge in [0, 0.05) is 6.61 Å². The van der Waals surface area contributed by atoms with Crippen molar-refractivity contribution in [2.45, 2.75) is 82.8 Å². The van der Waals surface area contributed by atoms with Crippen molar-refractivity contribution in [3.8, 4) is 0 Å². The molecule has 0 radical (unpaired) electrons. The maximum absolute atomic E-state index is 6.20. The first-order valence-corrected chi connectivity index (χ1v) is 7.53. The third-order valence-electron chi connectivity index (χ3n) is 4.54. The zero-order valence-electron chi connectivity index (χ0n) is 10.9. The minimum Gasteiger partial charge on any atom is -0.435 e. The topological polar surface area (TPSA) is 9.23 Å². The number of hydrogen-bond donors (Lipinski definition) is 0. The van der Waals surface area contributed by atoms with Crippen LogP contribution in [0.25, 0.3) is 0 Å². The van der Waals surface area contributed by atoms with Gasteiger partial charge in [0.15, 0.2) is 0 Å². The van der Waals surface area contributed by atoms with Gasteiger partial charge >= 0.3 is 0 Å². The average molecular weight is 222 g/mol. The summed E-state index contributed by atoms with van der Waals surface area (Å²) >= 11 is 0. The Morgan fingerprint density at radius 2 is 1.56 bits per heavy atom. The molecule has 92 valence electrons. The van der Waals surface area contributed by atoms with E-state index in [0.29, 0.717) is 6.92 Å². The van der Waals surface area contributed by atoms with Gasteiger partial charge in [-0.1, -0.05) is 64.7 Å². The predicted molar refractivity (Wildman–Crippen MR) is 71.1 cm³/mol. The number of unbranched alkanes of at least 4 members (excludes halogenated alkanes) is 3. The Kier molecular flexibility index (Phi) is 5.22. The Morgan fingerprint density at radius 1 is 0.938 bits per heavy atom. The van der Waals surface area contributed by atoms with Crippen LogP contribution < -0.4 is 0 Å². The van der Waals surface area contributed by atoms with Crippen LogP contribution in [0.1, 0.15) is 71.1 Å². The van der Waals surface area contributed by atoms with Gasteiger partial charge in [0.25, 0.3) is 6.92 Å². The van der Waals surface area contributed by atoms with Gasteiger partial charge in [0.1, 0.15) is 0 Å². The fourth-order valence-corrected chi connectivity index (χ4v) is 3.64. The van der Waals surface area contributed by atoms with E-state index in [4.69, 9.17) is 4.65 Å². The molecule has 0 spiro atoms. The van der Waals surface area contributed by atoms with Crippen molar-refractivity contribution in [1.82, 2.24) is 0 Å². The second kappa shape index (κ2) is 6.69. The van der Waals surface area contributed by atoms with Crippen LogP contribution in [0.4, 0.5) is 0 Å². The monoisotopic (exact) mass is 222 g/mol. The molecule has 16 heavy (non-hydrogen) atoms. The second-order valence-electron chi connectivity index (χ2n) is 5.78. The predicted octanol–water partition coefficient (Wildman–Crippen LogP) is 4.68. The maximum atomic E-state index is 6.20. The highest BCUT2D eigenvalue weighted by Gasteiger charge is 2.40. The van der Waals surface area contributed by atoms with E-state index < -0.39 is 0 Å². The summed E-state index contributed by atoms with van der Waals surface area (Å²) in [6, 6.07) is 0. The highest BCUT2D eigenvalue weighted by Crippen LogP contribution is 2.46. The molecule has 0 aromatic heterocycles. The van der Waals surface area contributed by atoms with Crippen LogP contribution >= 0.6 is 0 Å². The Bertz CT molecular complexity index is 173. The Hall–Kier alpha value is 0.0249.